The van der Waals surface area contributed by atoms with Crippen molar-refractivity contribution in [1.82, 2.24) is 0 Å². The van der Waals surface area contributed by atoms with Gasteiger partial charge in [0.15, 0.2) is 0 Å². The van der Waals surface area contributed by atoms with E-state index in [1.807, 2.05) is 30.5 Å². The second-order valence-corrected chi connectivity index (χ2v) is 3.70. The highest BCUT2D eigenvalue weighted by atomic mass is 15.3. The number of nitrogens with two attached hydrogens (primary N) is 1. The number of hydrogen-bond acceptors (Lipinski definition) is 3. The van der Waals surface area contributed by atoms with Crippen LogP contribution in [0.1, 0.15) is 12.8 Å². The molecule has 0 amide bonds. The zero-order valence-corrected chi connectivity index (χ0v) is 9.06. The standard InChI is InChI=1S/C13H15N3/c14-12-6-8-13(9-7-12)16-15-10-11-4-2-1-3-5-11/h1-2,4,6-10,16H,3,5,14H2/b15-10+. The Bertz CT molecular complexity index is 427. The fourth-order valence-corrected chi connectivity index (χ4v) is 1.48. The molecule has 1 aliphatic rings. The third kappa shape index (κ3) is 2.98. The molecule has 0 aliphatic heterocycles. The summed E-state index contributed by atoms with van der Waals surface area (Å²) >= 11 is 0. The summed E-state index contributed by atoms with van der Waals surface area (Å²) in [4.78, 5) is 0. The largest absolute Gasteiger partial charge is 0.399 e. The normalized spacial score (nSPS) is 15.1. The van der Waals surface area contributed by atoms with E-state index >= 15 is 0 Å². The molecule has 1 aromatic rings. The zero-order chi connectivity index (χ0) is 11.2. The summed E-state index contributed by atoms with van der Waals surface area (Å²) in [6.45, 7) is 0. The first-order valence-electron chi connectivity index (χ1n) is 5.35. The Hall–Kier alpha value is -2.03. The Morgan fingerprint density at radius 2 is 2.06 bits per heavy atom. The summed E-state index contributed by atoms with van der Waals surface area (Å²) < 4.78 is 0. The first kappa shape index (κ1) is 10.5. The van der Waals surface area contributed by atoms with Crippen molar-refractivity contribution in [2.24, 2.45) is 5.10 Å². The number of allylic oxidation sites excluding steroid dienone is 4. The van der Waals surface area contributed by atoms with Gasteiger partial charge in [0.2, 0.25) is 0 Å². The summed E-state index contributed by atoms with van der Waals surface area (Å²) in [6, 6.07) is 7.50. The molecule has 2 rings (SSSR count). The van der Waals surface area contributed by atoms with Crippen molar-refractivity contribution in [3.05, 3.63) is 48.1 Å². The van der Waals surface area contributed by atoms with Crippen LogP contribution in [0.4, 0.5) is 11.4 Å². The van der Waals surface area contributed by atoms with Crippen molar-refractivity contribution >= 4 is 17.6 Å². The maximum absolute atomic E-state index is 5.59. The van der Waals surface area contributed by atoms with E-state index < -0.39 is 0 Å². The lowest BCUT2D eigenvalue weighted by molar-refractivity contribution is 1.01. The van der Waals surface area contributed by atoms with Gasteiger partial charge in [-0.25, -0.2) is 0 Å². The van der Waals surface area contributed by atoms with Crippen LogP contribution in [0.5, 0.6) is 0 Å². The number of benzene rings is 1. The van der Waals surface area contributed by atoms with E-state index in [1.54, 1.807) is 0 Å². The van der Waals surface area contributed by atoms with Crippen molar-refractivity contribution in [3.8, 4) is 0 Å². The van der Waals surface area contributed by atoms with Gasteiger partial charge in [-0.2, -0.15) is 5.10 Å². The van der Waals surface area contributed by atoms with Crippen LogP contribution in [0.25, 0.3) is 0 Å². The highest BCUT2D eigenvalue weighted by Gasteiger charge is 1.95. The van der Waals surface area contributed by atoms with Gasteiger partial charge in [0.1, 0.15) is 0 Å². The molecule has 0 radical (unpaired) electrons. The van der Waals surface area contributed by atoms with Gasteiger partial charge in [0.25, 0.3) is 0 Å². The first-order chi connectivity index (χ1) is 7.84. The second-order valence-electron chi connectivity index (χ2n) is 3.70. The minimum atomic E-state index is 0.759. The third-order valence-corrected chi connectivity index (χ3v) is 2.38. The van der Waals surface area contributed by atoms with E-state index in [2.05, 4.69) is 28.8 Å². The predicted octanol–water partition coefficient (Wildman–Crippen LogP) is 2.94. The monoisotopic (exact) mass is 213 g/mol. The number of rotatable bonds is 3. The summed E-state index contributed by atoms with van der Waals surface area (Å²) in [5.41, 5.74) is 11.5. The smallest absolute Gasteiger partial charge is 0.0563 e. The van der Waals surface area contributed by atoms with Crippen molar-refractivity contribution in [2.75, 3.05) is 11.2 Å². The SMILES string of the molecule is Nc1ccc(N/N=C/C2=CC=CCC2)cc1. The molecule has 3 nitrogen and oxygen atoms in total. The third-order valence-electron chi connectivity index (χ3n) is 2.38. The van der Waals surface area contributed by atoms with Gasteiger partial charge in [0, 0.05) is 5.69 Å². The predicted molar refractivity (Wildman–Crippen MR) is 69.4 cm³/mol. The van der Waals surface area contributed by atoms with Crippen molar-refractivity contribution in [2.45, 2.75) is 12.8 Å². The molecule has 0 atom stereocenters. The average molecular weight is 213 g/mol. The Balaban J connectivity index is 1.91. The van der Waals surface area contributed by atoms with Gasteiger partial charge < -0.3 is 5.73 Å². The van der Waals surface area contributed by atoms with E-state index in [0.717, 1.165) is 24.2 Å². The quantitative estimate of drug-likeness (QED) is 0.461. The van der Waals surface area contributed by atoms with Gasteiger partial charge in [-0.15, -0.1) is 0 Å². The minimum Gasteiger partial charge on any atom is -0.399 e. The lowest BCUT2D eigenvalue weighted by Crippen LogP contribution is -1.94. The lowest BCUT2D eigenvalue weighted by atomic mass is 10.1. The molecule has 0 heterocycles. The minimum absolute atomic E-state index is 0.759. The molecule has 0 unspecified atom stereocenters. The number of hydrazone groups is 1. The molecule has 0 aromatic heterocycles. The van der Waals surface area contributed by atoms with E-state index in [1.165, 1.54) is 5.57 Å². The molecule has 1 aliphatic carbocycles. The Morgan fingerprint density at radius 3 is 2.75 bits per heavy atom. The maximum Gasteiger partial charge on any atom is 0.0563 e. The van der Waals surface area contributed by atoms with Crippen LogP contribution < -0.4 is 11.2 Å². The van der Waals surface area contributed by atoms with Gasteiger partial charge in [-0.3, -0.25) is 5.43 Å². The molecule has 0 saturated carbocycles. The molecule has 16 heavy (non-hydrogen) atoms. The number of anilines is 2. The maximum atomic E-state index is 5.59. The van der Waals surface area contributed by atoms with Crippen LogP contribution in [0.3, 0.4) is 0 Å². The summed E-state index contributed by atoms with van der Waals surface area (Å²) in [7, 11) is 0. The average Bonchev–Trinajstić information content (AvgIpc) is 2.33. The Labute approximate surface area is 95.4 Å². The molecule has 1 aromatic carbocycles. The lowest BCUT2D eigenvalue weighted by Gasteiger charge is -2.03. The number of hydrogen-bond donors (Lipinski definition) is 2. The highest BCUT2D eigenvalue weighted by molar-refractivity contribution is 5.80. The molecular weight excluding hydrogens is 198 g/mol. The molecule has 0 spiro atoms. The van der Waals surface area contributed by atoms with Gasteiger partial charge in [-0.1, -0.05) is 18.2 Å². The van der Waals surface area contributed by atoms with E-state index in [4.69, 9.17) is 5.73 Å². The molecule has 3 N–H and O–H groups in total. The van der Waals surface area contributed by atoms with Crippen molar-refractivity contribution in [1.29, 1.82) is 0 Å². The fourth-order valence-electron chi connectivity index (χ4n) is 1.48. The fraction of sp³-hybridized carbons (Fsp3) is 0.154. The molecule has 0 fully saturated rings. The second kappa shape index (κ2) is 5.16. The van der Waals surface area contributed by atoms with Gasteiger partial charge >= 0.3 is 0 Å². The Morgan fingerprint density at radius 1 is 1.25 bits per heavy atom. The number of nitrogen functional groups attached to an aromatic ring is 1. The van der Waals surface area contributed by atoms with Gasteiger partial charge in [0.05, 0.1) is 11.9 Å². The van der Waals surface area contributed by atoms with Crippen LogP contribution in [-0.2, 0) is 0 Å². The van der Waals surface area contributed by atoms with Crippen LogP contribution in [-0.4, -0.2) is 6.21 Å². The molecular formula is C13H15N3. The Kier molecular flexibility index (Phi) is 3.38. The first-order valence-corrected chi connectivity index (χ1v) is 5.35. The van der Waals surface area contributed by atoms with Crippen LogP contribution in [0.2, 0.25) is 0 Å². The molecule has 0 bridgehead atoms. The van der Waals surface area contributed by atoms with Crippen LogP contribution in [0.15, 0.2) is 53.2 Å². The topological polar surface area (TPSA) is 50.4 Å². The van der Waals surface area contributed by atoms with Crippen LogP contribution >= 0.6 is 0 Å². The molecule has 3 heteroatoms. The van der Waals surface area contributed by atoms with Crippen molar-refractivity contribution < 1.29 is 0 Å². The van der Waals surface area contributed by atoms with Crippen molar-refractivity contribution in [3.63, 3.8) is 0 Å². The van der Waals surface area contributed by atoms with Gasteiger partial charge in [-0.05, 0) is 42.7 Å². The van der Waals surface area contributed by atoms with E-state index in [0.29, 0.717) is 0 Å². The summed E-state index contributed by atoms with van der Waals surface area (Å²) in [6.07, 6.45) is 10.3. The highest BCUT2D eigenvalue weighted by Crippen LogP contribution is 2.11. The summed E-state index contributed by atoms with van der Waals surface area (Å²) in [5, 5.41) is 4.18. The summed E-state index contributed by atoms with van der Waals surface area (Å²) in [5.74, 6) is 0. The molecule has 82 valence electrons. The van der Waals surface area contributed by atoms with Crippen LogP contribution in [0, 0.1) is 0 Å². The molecule has 0 saturated heterocycles. The zero-order valence-electron chi connectivity index (χ0n) is 9.06. The van der Waals surface area contributed by atoms with E-state index in [-0.39, 0.29) is 0 Å². The number of nitrogens with one attached hydrogen (secondary N) is 1. The number of nitrogens with zero attached hydrogens (tertiary/aromatic N) is 1. The van der Waals surface area contributed by atoms with E-state index in [9.17, 15) is 0 Å².